The fourth-order valence-electron chi connectivity index (χ4n) is 2.71. The quantitative estimate of drug-likeness (QED) is 0.856. The van der Waals surface area contributed by atoms with Crippen LogP contribution in [0.1, 0.15) is 24.8 Å². The second-order valence-electron chi connectivity index (χ2n) is 5.57. The molecule has 1 saturated heterocycles. The summed E-state index contributed by atoms with van der Waals surface area (Å²) < 4.78 is 0. The molecule has 0 radical (unpaired) electrons. The molecular formula is C16H21ClN2O2. The maximum Gasteiger partial charge on any atom is 0.244 e. The standard InChI is InChI=1S/C16H21ClN2O2/c1-18(2)16(21)14-8-5-11-19(14)15(20)10-9-12-6-3-4-7-13(12)17/h3-4,6-7,14H,5,8-11H2,1-2H3. The van der Waals surface area contributed by atoms with Gasteiger partial charge in [0.25, 0.3) is 0 Å². The predicted octanol–water partition coefficient (Wildman–Crippen LogP) is 2.35. The number of rotatable bonds is 4. The van der Waals surface area contributed by atoms with E-state index >= 15 is 0 Å². The van der Waals surface area contributed by atoms with E-state index in [9.17, 15) is 9.59 Å². The van der Waals surface area contributed by atoms with E-state index in [4.69, 9.17) is 11.6 Å². The maximum atomic E-state index is 12.4. The molecule has 0 bridgehead atoms. The van der Waals surface area contributed by atoms with Crippen LogP contribution in [-0.2, 0) is 16.0 Å². The molecule has 2 rings (SSSR count). The Bertz CT molecular complexity index is 531. The summed E-state index contributed by atoms with van der Waals surface area (Å²) >= 11 is 6.10. The molecule has 2 amide bonds. The van der Waals surface area contributed by atoms with Crippen LogP contribution >= 0.6 is 11.6 Å². The highest BCUT2D eigenvalue weighted by Crippen LogP contribution is 2.22. The summed E-state index contributed by atoms with van der Waals surface area (Å²) in [7, 11) is 3.46. The van der Waals surface area contributed by atoms with E-state index in [0.29, 0.717) is 24.4 Å². The van der Waals surface area contributed by atoms with Gasteiger partial charge in [-0.2, -0.15) is 0 Å². The van der Waals surface area contributed by atoms with Gasteiger partial charge in [0.15, 0.2) is 0 Å². The molecule has 21 heavy (non-hydrogen) atoms. The zero-order valence-corrected chi connectivity index (χ0v) is 13.3. The molecular weight excluding hydrogens is 288 g/mol. The number of hydrogen-bond donors (Lipinski definition) is 0. The van der Waals surface area contributed by atoms with Crippen LogP contribution in [0, 0.1) is 0 Å². The maximum absolute atomic E-state index is 12.4. The van der Waals surface area contributed by atoms with Gasteiger partial charge in [0, 0.05) is 32.1 Å². The molecule has 0 saturated carbocycles. The summed E-state index contributed by atoms with van der Waals surface area (Å²) in [5.41, 5.74) is 0.974. The van der Waals surface area contributed by atoms with E-state index in [0.717, 1.165) is 18.4 Å². The first-order chi connectivity index (χ1) is 10.0. The van der Waals surface area contributed by atoms with Gasteiger partial charge < -0.3 is 9.80 Å². The fourth-order valence-corrected chi connectivity index (χ4v) is 2.94. The number of hydrogen-bond acceptors (Lipinski definition) is 2. The van der Waals surface area contributed by atoms with Crippen molar-refractivity contribution in [1.82, 2.24) is 9.80 Å². The van der Waals surface area contributed by atoms with Gasteiger partial charge in [0.05, 0.1) is 0 Å². The number of halogens is 1. The summed E-state index contributed by atoms with van der Waals surface area (Å²) in [4.78, 5) is 27.8. The number of carbonyl (C=O) groups excluding carboxylic acids is 2. The molecule has 1 unspecified atom stereocenters. The van der Waals surface area contributed by atoms with E-state index in [1.807, 2.05) is 24.3 Å². The lowest BCUT2D eigenvalue weighted by Gasteiger charge is -2.26. The molecule has 1 aromatic carbocycles. The number of benzene rings is 1. The highest BCUT2D eigenvalue weighted by Gasteiger charge is 2.34. The van der Waals surface area contributed by atoms with Gasteiger partial charge in [0.2, 0.25) is 11.8 Å². The SMILES string of the molecule is CN(C)C(=O)C1CCCN1C(=O)CCc1ccccc1Cl. The lowest BCUT2D eigenvalue weighted by atomic mass is 10.1. The third kappa shape index (κ3) is 3.76. The molecule has 1 fully saturated rings. The predicted molar refractivity (Wildman–Crippen MR) is 83.2 cm³/mol. The van der Waals surface area contributed by atoms with Gasteiger partial charge in [-0.3, -0.25) is 9.59 Å². The smallest absolute Gasteiger partial charge is 0.244 e. The Morgan fingerprint density at radius 3 is 2.71 bits per heavy atom. The normalized spacial score (nSPS) is 17.9. The van der Waals surface area contributed by atoms with E-state index in [1.165, 1.54) is 0 Å². The molecule has 4 nitrogen and oxygen atoms in total. The summed E-state index contributed by atoms with van der Waals surface area (Å²) in [5.74, 6) is 0.0474. The van der Waals surface area contributed by atoms with Crippen molar-refractivity contribution >= 4 is 23.4 Å². The number of aryl methyl sites for hydroxylation is 1. The number of likely N-dealkylation sites (N-methyl/N-ethyl adjacent to an activating group) is 1. The van der Waals surface area contributed by atoms with Crippen molar-refractivity contribution in [1.29, 1.82) is 0 Å². The number of carbonyl (C=O) groups is 2. The summed E-state index contributed by atoms with van der Waals surface area (Å²) in [6.07, 6.45) is 2.65. The van der Waals surface area contributed by atoms with Crippen molar-refractivity contribution in [3.8, 4) is 0 Å². The van der Waals surface area contributed by atoms with Crippen molar-refractivity contribution in [3.05, 3.63) is 34.9 Å². The van der Waals surface area contributed by atoms with Crippen molar-refractivity contribution < 1.29 is 9.59 Å². The Kier molecular flexibility index (Phi) is 5.23. The molecule has 1 atom stereocenters. The van der Waals surface area contributed by atoms with Crippen LogP contribution in [0.15, 0.2) is 24.3 Å². The first-order valence-corrected chi connectivity index (χ1v) is 7.62. The average molecular weight is 309 g/mol. The average Bonchev–Trinajstić information content (AvgIpc) is 2.94. The fraction of sp³-hybridized carbons (Fsp3) is 0.500. The molecule has 1 aromatic rings. The highest BCUT2D eigenvalue weighted by atomic mass is 35.5. The molecule has 5 heteroatoms. The third-order valence-electron chi connectivity index (χ3n) is 3.87. The van der Waals surface area contributed by atoms with Gasteiger partial charge >= 0.3 is 0 Å². The third-order valence-corrected chi connectivity index (χ3v) is 4.23. The van der Waals surface area contributed by atoms with Crippen LogP contribution < -0.4 is 0 Å². The second-order valence-corrected chi connectivity index (χ2v) is 5.98. The van der Waals surface area contributed by atoms with E-state index in [1.54, 1.807) is 23.9 Å². The van der Waals surface area contributed by atoms with E-state index in [2.05, 4.69) is 0 Å². The first-order valence-electron chi connectivity index (χ1n) is 7.24. The molecule has 1 heterocycles. The van der Waals surface area contributed by atoms with E-state index < -0.39 is 0 Å². The highest BCUT2D eigenvalue weighted by molar-refractivity contribution is 6.31. The van der Waals surface area contributed by atoms with Gasteiger partial charge in [-0.15, -0.1) is 0 Å². The zero-order chi connectivity index (χ0) is 15.4. The second kappa shape index (κ2) is 6.94. The summed E-state index contributed by atoms with van der Waals surface area (Å²) in [5, 5.41) is 0.688. The minimum absolute atomic E-state index is 0.0126. The monoisotopic (exact) mass is 308 g/mol. The van der Waals surface area contributed by atoms with Crippen LogP contribution in [0.3, 0.4) is 0 Å². The van der Waals surface area contributed by atoms with Crippen LogP contribution in [-0.4, -0.2) is 48.3 Å². The van der Waals surface area contributed by atoms with Crippen LogP contribution in [0.4, 0.5) is 0 Å². The minimum atomic E-state index is -0.293. The van der Waals surface area contributed by atoms with Crippen LogP contribution in [0.2, 0.25) is 5.02 Å². The molecule has 0 aromatic heterocycles. The first kappa shape index (κ1) is 15.8. The van der Waals surface area contributed by atoms with Gasteiger partial charge in [-0.25, -0.2) is 0 Å². The van der Waals surface area contributed by atoms with Crippen molar-refractivity contribution in [2.24, 2.45) is 0 Å². The molecule has 0 spiro atoms. The molecule has 1 aliphatic rings. The Labute approximate surface area is 130 Å². The summed E-state index contributed by atoms with van der Waals surface area (Å²) in [6.45, 7) is 0.672. The lowest BCUT2D eigenvalue weighted by Crippen LogP contribution is -2.45. The van der Waals surface area contributed by atoms with Gasteiger partial charge in [-0.1, -0.05) is 29.8 Å². The zero-order valence-electron chi connectivity index (χ0n) is 12.5. The lowest BCUT2D eigenvalue weighted by molar-refractivity contribution is -0.142. The van der Waals surface area contributed by atoms with Crippen molar-refractivity contribution in [2.45, 2.75) is 31.7 Å². The largest absolute Gasteiger partial charge is 0.347 e. The molecule has 0 N–H and O–H groups in total. The topological polar surface area (TPSA) is 40.6 Å². The minimum Gasteiger partial charge on any atom is -0.347 e. The van der Waals surface area contributed by atoms with Crippen LogP contribution in [0.25, 0.3) is 0 Å². The summed E-state index contributed by atoms with van der Waals surface area (Å²) in [6, 6.07) is 7.26. The molecule has 0 aliphatic carbocycles. The Balaban J connectivity index is 1.97. The Hall–Kier alpha value is -1.55. The van der Waals surface area contributed by atoms with Gasteiger partial charge in [-0.05, 0) is 30.9 Å². The Morgan fingerprint density at radius 2 is 2.05 bits per heavy atom. The van der Waals surface area contributed by atoms with Crippen LogP contribution in [0.5, 0.6) is 0 Å². The van der Waals surface area contributed by atoms with Crippen molar-refractivity contribution in [2.75, 3.05) is 20.6 Å². The number of amides is 2. The number of likely N-dealkylation sites (tertiary alicyclic amines) is 1. The van der Waals surface area contributed by atoms with Gasteiger partial charge in [0.1, 0.15) is 6.04 Å². The van der Waals surface area contributed by atoms with Crippen molar-refractivity contribution in [3.63, 3.8) is 0 Å². The van der Waals surface area contributed by atoms with E-state index in [-0.39, 0.29) is 17.9 Å². The number of nitrogens with zero attached hydrogens (tertiary/aromatic N) is 2. The Morgan fingerprint density at radius 1 is 1.33 bits per heavy atom. The molecule has 114 valence electrons. The molecule has 1 aliphatic heterocycles.